The van der Waals surface area contributed by atoms with Crippen molar-refractivity contribution in [2.24, 2.45) is 0 Å². The van der Waals surface area contributed by atoms with Crippen LogP contribution in [0, 0.1) is 0 Å². The highest BCUT2D eigenvalue weighted by Gasteiger charge is 2.16. The van der Waals surface area contributed by atoms with Gasteiger partial charge >= 0.3 is 0 Å². The Balaban J connectivity index is 1.52. The van der Waals surface area contributed by atoms with Gasteiger partial charge in [0.15, 0.2) is 0 Å². The van der Waals surface area contributed by atoms with Gasteiger partial charge in [0.05, 0.1) is 28.9 Å². The largest absolute Gasteiger partial charge is 0.492 e. The molecule has 0 aliphatic heterocycles. The number of hydrogen-bond donors (Lipinski definition) is 2. The second-order valence-corrected chi connectivity index (χ2v) is 8.07. The third-order valence-electron chi connectivity index (χ3n) is 4.79. The Kier molecular flexibility index (Phi) is 8.54. The number of para-hydroxylation sites is 1. The molecular weight excluding hydrogens is 447 g/mol. The summed E-state index contributed by atoms with van der Waals surface area (Å²) in [7, 11) is 0. The van der Waals surface area contributed by atoms with Gasteiger partial charge in [0.1, 0.15) is 5.75 Å². The normalized spacial score (nSPS) is 11.5. The average Bonchev–Trinajstić information content (AvgIpc) is 2.78. The number of rotatable bonds is 9. The number of carbonyl (C=O) groups is 2. The zero-order valence-electron chi connectivity index (χ0n) is 17.6. The molecule has 0 aliphatic carbocycles. The SMILES string of the molecule is C[C@H](NC(=O)c1ccccc1NC(=O)CCCOc1ccc(Cl)cc1Cl)c1ccccc1. The van der Waals surface area contributed by atoms with Crippen molar-refractivity contribution >= 4 is 40.7 Å². The molecule has 0 unspecified atom stereocenters. The van der Waals surface area contributed by atoms with Crippen LogP contribution in [0.4, 0.5) is 5.69 Å². The first-order chi connectivity index (χ1) is 15.4. The Bertz CT molecular complexity index is 1070. The third kappa shape index (κ3) is 6.74. The predicted molar refractivity (Wildman–Crippen MR) is 129 cm³/mol. The first-order valence-electron chi connectivity index (χ1n) is 10.3. The highest BCUT2D eigenvalue weighted by Crippen LogP contribution is 2.27. The molecule has 0 saturated heterocycles. The Morgan fingerprint density at radius 3 is 2.44 bits per heavy atom. The molecule has 3 aromatic carbocycles. The van der Waals surface area contributed by atoms with E-state index in [4.69, 9.17) is 27.9 Å². The number of ether oxygens (including phenoxy) is 1. The molecule has 2 amide bonds. The van der Waals surface area contributed by atoms with Crippen molar-refractivity contribution in [2.75, 3.05) is 11.9 Å². The maximum Gasteiger partial charge on any atom is 0.253 e. The molecule has 0 saturated carbocycles. The van der Waals surface area contributed by atoms with Crippen LogP contribution in [0.5, 0.6) is 5.75 Å². The van der Waals surface area contributed by atoms with Crippen LogP contribution in [0.2, 0.25) is 10.0 Å². The van der Waals surface area contributed by atoms with E-state index in [2.05, 4.69) is 10.6 Å². The standard InChI is InChI=1S/C25H24Cl2N2O3/c1-17(18-8-3-2-4-9-18)28-25(31)20-10-5-6-11-22(20)29-24(30)12-7-15-32-23-14-13-19(26)16-21(23)27/h2-6,8-11,13-14,16-17H,7,12,15H2,1H3,(H,28,31)(H,29,30)/t17-/m0/s1. The van der Waals surface area contributed by atoms with Crippen LogP contribution in [-0.2, 0) is 4.79 Å². The summed E-state index contributed by atoms with van der Waals surface area (Å²) in [6.45, 7) is 2.24. The topological polar surface area (TPSA) is 67.4 Å². The third-order valence-corrected chi connectivity index (χ3v) is 5.32. The van der Waals surface area contributed by atoms with Gasteiger partial charge in [-0.15, -0.1) is 0 Å². The lowest BCUT2D eigenvalue weighted by Crippen LogP contribution is -2.28. The number of nitrogens with one attached hydrogen (secondary N) is 2. The van der Waals surface area contributed by atoms with Crippen molar-refractivity contribution in [1.82, 2.24) is 5.32 Å². The number of amides is 2. The number of hydrogen-bond acceptors (Lipinski definition) is 3. The highest BCUT2D eigenvalue weighted by molar-refractivity contribution is 6.35. The molecular formula is C25H24Cl2N2O3. The van der Waals surface area contributed by atoms with Gasteiger partial charge in [0.25, 0.3) is 5.91 Å². The molecule has 3 aromatic rings. The van der Waals surface area contributed by atoms with E-state index in [1.54, 1.807) is 42.5 Å². The van der Waals surface area contributed by atoms with Gasteiger partial charge in [-0.05, 0) is 49.2 Å². The summed E-state index contributed by atoms with van der Waals surface area (Å²) < 4.78 is 5.61. The van der Waals surface area contributed by atoms with E-state index < -0.39 is 0 Å². The van der Waals surface area contributed by atoms with Crippen molar-refractivity contribution in [2.45, 2.75) is 25.8 Å². The number of carbonyl (C=O) groups excluding carboxylic acids is 2. The van der Waals surface area contributed by atoms with E-state index in [0.29, 0.717) is 40.1 Å². The molecule has 0 radical (unpaired) electrons. The molecule has 5 nitrogen and oxygen atoms in total. The first-order valence-corrected chi connectivity index (χ1v) is 11.0. The average molecular weight is 471 g/mol. The fraction of sp³-hybridized carbons (Fsp3) is 0.200. The molecule has 2 N–H and O–H groups in total. The fourth-order valence-electron chi connectivity index (χ4n) is 3.11. The molecule has 3 rings (SSSR count). The van der Waals surface area contributed by atoms with Crippen molar-refractivity contribution in [3.05, 3.63) is 94.0 Å². The Morgan fingerprint density at radius 1 is 0.969 bits per heavy atom. The molecule has 0 aliphatic rings. The van der Waals surface area contributed by atoms with Gasteiger partial charge in [-0.2, -0.15) is 0 Å². The summed E-state index contributed by atoms with van der Waals surface area (Å²) >= 11 is 11.9. The Hall–Kier alpha value is -3.02. The van der Waals surface area contributed by atoms with Crippen LogP contribution in [0.15, 0.2) is 72.8 Å². The molecule has 0 fully saturated rings. The minimum Gasteiger partial charge on any atom is -0.492 e. The van der Waals surface area contributed by atoms with Crippen LogP contribution in [0.25, 0.3) is 0 Å². The first kappa shape index (κ1) is 23.6. The summed E-state index contributed by atoms with van der Waals surface area (Å²) in [5.74, 6) is 0.0659. The molecule has 0 spiro atoms. The second-order valence-electron chi connectivity index (χ2n) is 7.23. The molecule has 0 heterocycles. The smallest absolute Gasteiger partial charge is 0.253 e. The van der Waals surface area contributed by atoms with Gasteiger partial charge in [0, 0.05) is 11.4 Å². The van der Waals surface area contributed by atoms with E-state index >= 15 is 0 Å². The monoisotopic (exact) mass is 470 g/mol. The van der Waals surface area contributed by atoms with E-state index in [-0.39, 0.29) is 24.3 Å². The molecule has 1 atom stereocenters. The van der Waals surface area contributed by atoms with Crippen LogP contribution in [0.3, 0.4) is 0 Å². The zero-order chi connectivity index (χ0) is 22.9. The number of halogens is 2. The molecule has 32 heavy (non-hydrogen) atoms. The van der Waals surface area contributed by atoms with Gasteiger partial charge in [-0.1, -0.05) is 65.7 Å². The van der Waals surface area contributed by atoms with Crippen molar-refractivity contribution in [3.8, 4) is 5.75 Å². The van der Waals surface area contributed by atoms with Crippen molar-refractivity contribution < 1.29 is 14.3 Å². The lowest BCUT2D eigenvalue weighted by atomic mass is 10.1. The van der Waals surface area contributed by atoms with E-state index in [9.17, 15) is 9.59 Å². The molecule has 166 valence electrons. The fourth-order valence-corrected chi connectivity index (χ4v) is 3.57. The van der Waals surface area contributed by atoms with Crippen LogP contribution >= 0.6 is 23.2 Å². The summed E-state index contributed by atoms with van der Waals surface area (Å²) in [6, 6.07) is 21.5. The Labute approximate surface area is 197 Å². The van der Waals surface area contributed by atoms with Gasteiger partial charge in [-0.25, -0.2) is 0 Å². The van der Waals surface area contributed by atoms with E-state index in [1.807, 2.05) is 37.3 Å². The lowest BCUT2D eigenvalue weighted by molar-refractivity contribution is -0.116. The van der Waals surface area contributed by atoms with Crippen LogP contribution in [-0.4, -0.2) is 18.4 Å². The van der Waals surface area contributed by atoms with Crippen LogP contribution < -0.4 is 15.4 Å². The van der Waals surface area contributed by atoms with Gasteiger partial charge < -0.3 is 15.4 Å². The number of benzene rings is 3. The second kappa shape index (κ2) is 11.6. The lowest BCUT2D eigenvalue weighted by Gasteiger charge is -2.16. The summed E-state index contributed by atoms with van der Waals surface area (Å²) in [5, 5.41) is 6.75. The minimum atomic E-state index is -0.252. The quantitative estimate of drug-likeness (QED) is 0.361. The predicted octanol–water partition coefficient (Wildman–Crippen LogP) is 6.28. The number of anilines is 1. The molecule has 0 aromatic heterocycles. The summed E-state index contributed by atoms with van der Waals surface area (Å²) in [5.41, 5.74) is 1.88. The highest BCUT2D eigenvalue weighted by atomic mass is 35.5. The van der Waals surface area contributed by atoms with Crippen LogP contribution in [0.1, 0.15) is 41.7 Å². The molecule has 0 bridgehead atoms. The van der Waals surface area contributed by atoms with E-state index in [1.165, 1.54) is 0 Å². The maximum atomic E-state index is 12.8. The summed E-state index contributed by atoms with van der Waals surface area (Å²) in [4.78, 5) is 25.2. The van der Waals surface area contributed by atoms with Gasteiger partial charge in [0.2, 0.25) is 5.91 Å². The van der Waals surface area contributed by atoms with Crippen molar-refractivity contribution in [3.63, 3.8) is 0 Å². The minimum absolute atomic E-state index is 0.163. The maximum absolute atomic E-state index is 12.8. The zero-order valence-corrected chi connectivity index (χ0v) is 19.1. The van der Waals surface area contributed by atoms with E-state index in [0.717, 1.165) is 5.56 Å². The molecule has 7 heteroatoms. The summed E-state index contributed by atoms with van der Waals surface area (Å²) in [6.07, 6.45) is 0.728. The van der Waals surface area contributed by atoms with Gasteiger partial charge in [-0.3, -0.25) is 9.59 Å². The Morgan fingerprint density at radius 2 is 1.69 bits per heavy atom. The van der Waals surface area contributed by atoms with Crippen molar-refractivity contribution in [1.29, 1.82) is 0 Å².